The lowest BCUT2D eigenvalue weighted by Gasteiger charge is -2.16. The zero-order valence-electron chi connectivity index (χ0n) is 10.6. The molecule has 3 nitrogen and oxygen atoms in total. The molecule has 0 fully saturated rings. The van der Waals surface area contributed by atoms with Crippen LogP contribution in [0.3, 0.4) is 0 Å². The first-order valence-corrected chi connectivity index (χ1v) is 7.87. The van der Waals surface area contributed by atoms with E-state index in [0.717, 1.165) is 6.54 Å². The summed E-state index contributed by atoms with van der Waals surface area (Å²) in [7, 11) is 1.97. The summed E-state index contributed by atoms with van der Waals surface area (Å²) in [4.78, 5) is 2.70. The second-order valence-corrected chi connectivity index (χ2v) is 6.25. The van der Waals surface area contributed by atoms with Gasteiger partial charge >= 0.3 is 0 Å². The third-order valence-electron chi connectivity index (χ3n) is 3.07. The number of nitrogens with one attached hydrogen (secondary N) is 1. The zero-order chi connectivity index (χ0) is 13.1. The van der Waals surface area contributed by atoms with Crippen LogP contribution in [0.2, 0.25) is 0 Å². The van der Waals surface area contributed by atoms with Gasteiger partial charge in [-0.1, -0.05) is 12.1 Å². The first-order valence-electron chi connectivity index (χ1n) is 6.11. The van der Waals surface area contributed by atoms with Crippen LogP contribution in [-0.4, -0.2) is 9.78 Å². The summed E-state index contributed by atoms with van der Waals surface area (Å²) in [5.74, 6) is 0. The molecule has 3 rings (SSSR count). The van der Waals surface area contributed by atoms with Gasteiger partial charge in [0.2, 0.25) is 0 Å². The standard InChI is InChI=1S/C14H15N3S2/c1-17-11(6-7-16-17)10-15-14(12-4-2-8-18-12)13-5-3-9-19-13/h2-9,14-15H,10H2,1H3. The number of nitrogens with zero attached hydrogens (tertiary/aromatic N) is 2. The first kappa shape index (κ1) is 12.6. The minimum absolute atomic E-state index is 0.273. The van der Waals surface area contributed by atoms with Gasteiger partial charge in [-0.05, 0) is 29.0 Å². The monoisotopic (exact) mass is 289 g/mol. The molecule has 0 unspecified atom stereocenters. The van der Waals surface area contributed by atoms with Crippen LogP contribution in [0.25, 0.3) is 0 Å². The maximum absolute atomic E-state index is 4.20. The minimum Gasteiger partial charge on any atom is -0.299 e. The highest BCUT2D eigenvalue weighted by molar-refractivity contribution is 7.11. The number of aromatic nitrogens is 2. The molecule has 0 radical (unpaired) electrons. The largest absolute Gasteiger partial charge is 0.299 e. The molecule has 0 aliphatic rings. The van der Waals surface area contributed by atoms with Crippen LogP contribution in [0, 0.1) is 0 Å². The van der Waals surface area contributed by atoms with E-state index in [9.17, 15) is 0 Å². The molecule has 3 aromatic rings. The van der Waals surface area contributed by atoms with Crippen LogP contribution in [0.1, 0.15) is 21.5 Å². The second-order valence-electron chi connectivity index (χ2n) is 4.29. The Kier molecular flexibility index (Phi) is 3.77. The van der Waals surface area contributed by atoms with E-state index in [-0.39, 0.29) is 6.04 Å². The predicted octanol–water partition coefficient (Wildman–Crippen LogP) is 3.42. The van der Waals surface area contributed by atoms with Gasteiger partial charge in [-0.25, -0.2) is 0 Å². The Morgan fingerprint density at radius 3 is 2.32 bits per heavy atom. The fourth-order valence-corrected chi connectivity index (χ4v) is 3.74. The Bertz CT molecular complexity index is 577. The summed E-state index contributed by atoms with van der Waals surface area (Å²) in [6.07, 6.45) is 1.84. The summed E-state index contributed by atoms with van der Waals surface area (Å²) in [6, 6.07) is 10.9. The van der Waals surface area contributed by atoms with Crippen molar-refractivity contribution in [3.8, 4) is 0 Å². The van der Waals surface area contributed by atoms with Gasteiger partial charge in [0.05, 0.1) is 11.7 Å². The van der Waals surface area contributed by atoms with Gasteiger partial charge in [0.15, 0.2) is 0 Å². The molecular weight excluding hydrogens is 274 g/mol. The maximum atomic E-state index is 4.20. The number of hydrogen-bond donors (Lipinski definition) is 1. The van der Waals surface area contributed by atoms with Gasteiger partial charge in [-0.15, -0.1) is 22.7 Å². The first-order chi connectivity index (χ1) is 9.34. The molecule has 1 N–H and O–H groups in total. The van der Waals surface area contributed by atoms with E-state index in [4.69, 9.17) is 0 Å². The molecule has 5 heteroatoms. The summed E-state index contributed by atoms with van der Waals surface area (Å²) in [6.45, 7) is 0.816. The van der Waals surface area contributed by atoms with Crippen molar-refractivity contribution >= 4 is 22.7 Å². The molecule has 0 aliphatic carbocycles. The molecule has 0 spiro atoms. The van der Waals surface area contributed by atoms with E-state index >= 15 is 0 Å². The molecule has 3 heterocycles. The van der Waals surface area contributed by atoms with Crippen molar-refractivity contribution in [3.63, 3.8) is 0 Å². The third kappa shape index (κ3) is 2.78. The Balaban J connectivity index is 1.79. The Labute approximate surface area is 120 Å². The van der Waals surface area contributed by atoms with E-state index in [1.165, 1.54) is 15.4 Å². The van der Waals surface area contributed by atoms with Crippen LogP contribution in [-0.2, 0) is 13.6 Å². The number of thiophene rings is 2. The van der Waals surface area contributed by atoms with E-state index in [2.05, 4.69) is 45.4 Å². The number of rotatable bonds is 5. The summed E-state index contributed by atoms with van der Waals surface area (Å²) in [5.41, 5.74) is 1.19. The van der Waals surface area contributed by atoms with Gasteiger partial charge in [-0.2, -0.15) is 5.10 Å². The van der Waals surface area contributed by atoms with Crippen molar-refractivity contribution in [3.05, 3.63) is 62.7 Å². The van der Waals surface area contributed by atoms with Crippen molar-refractivity contribution in [2.45, 2.75) is 12.6 Å². The molecule has 0 saturated heterocycles. The maximum Gasteiger partial charge on any atom is 0.0768 e. The summed E-state index contributed by atoms with van der Waals surface area (Å²) >= 11 is 3.58. The zero-order valence-corrected chi connectivity index (χ0v) is 12.2. The lowest BCUT2D eigenvalue weighted by atomic mass is 10.2. The van der Waals surface area contributed by atoms with Crippen molar-refractivity contribution in [2.24, 2.45) is 7.05 Å². The van der Waals surface area contributed by atoms with E-state index in [0.29, 0.717) is 0 Å². The molecule has 0 atom stereocenters. The SMILES string of the molecule is Cn1nccc1CNC(c1cccs1)c1cccs1. The van der Waals surface area contributed by atoms with Crippen molar-refractivity contribution in [2.75, 3.05) is 0 Å². The molecule has 3 aromatic heterocycles. The average molecular weight is 289 g/mol. The third-order valence-corrected chi connectivity index (χ3v) is 4.94. The Morgan fingerprint density at radius 1 is 1.16 bits per heavy atom. The lowest BCUT2D eigenvalue weighted by Crippen LogP contribution is -2.21. The number of aryl methyl sites for hydroxylation is 1. The van der Waals surface area contributed by atoms with Crippen LogP contribution < -0.4 is 5.32 Å². The molecule has 0 saturated carbocycles. The Morgan fingerprint density at radius 2 is 1.84 bits per heavy atom. The second kappa shape index (κ2) is 5.69. The van der Waals surface area contributed by atoms with Crippen molar-refractivity contribution in [1.29, 1.82) is 0 Å². The molecule has 0 bridgehead atoms. The topological polar surface area (TPSA) is 29.9 Å². The van der Waals surface area contributed by atoms with Gasteiger partial charge < -0.3 is 0 Å². The highest BCUT2D eigenvalue weighted by Gasteiger charge is 2.16. The summed E-state index contributed by atoms with van der Waals surface area (Å²) in [5, 5.41) is 12.1. The van der Waals surface area contributed by atoms with Crippen LogP contribution >= 0.6 is 22.7 Å². The van der Waals surface area contributed by atoms with Crippen molar-refractivity contribution < 1.29 is 0 Å². The fourth-order valence-electron chi connectivity index (χ4n) is 2.03. The molecule has 0 aliphatic heterocycles. The molecule has 98 valence electrons. The Hall–Kier alpha value is -1.43. The average Bonchev–Trinajstić information content (AvgIpc) is 3.13. The minimum atomic E-state index is 0.273. The highest BCUT2D eigenvalue weighted by Crippen LogP contribution is 2.29. The predicted molar refractivity (Wildman–Crippen MR) is 80.5 cm³/mol. The molecule has 0 aromatic carbocycles. The van der Waals surface area contributed by atoms with Crippen molar-refractivity contribution in [1.82, 2.24) is 15.1 Å². The van der Waals surface area contributed by atoms with Gasteiger partial charge in [0, 0.05) is 29.5 Å². The molecule has 19 heavy (non-hydrogen) atoms. The van der Waals surface area contributed by atoms with Gasteiger partial charge in [0.1, 0.15) is 0 Å². The highest BCUT2D eigenvalue weighted by atomic mass is 32.1. The lowest BCUT2D eigenvalue weighted by molar-refractivity contribution is 0.582. The van der Waals surface area contributed by atoms with Gasteiger partial charge in [-0.3, -0.25) is 10.00 Å². The quantitative estimate of drug-likeness (QED) is 0.780. The van der Waals surface area contributed by atoms with E-state index in [1.807, 2.05) is 24.0 Å². The van der Waals surface area contributed by atoms with Gasteiger partial charge in [0.25, 0.3) is 0 Å². The molecule has 0 amide bonds. The number of hydrogen-bond acceptors (Lipinski definition) is 4. The molecular formula is C14H15N3S2. The van der Waals surface area contributed by atoms with Crippen LogP contribution in [0.15, 0.2) is 47.3 Å². The van der Waals surface area contributed by atoms with E-state index < -0.39 is 0 Å². The normalized spacial score (nSPS) is 11.3. The fraction of sp³-hybridized carbons (Fsp3) is 0.214. The van der Waals surface area contributed by atoms with E-state index in [1.54, 1.807) is 22.7 Å². The smallest absolute Gasteiger partial charge is 0.0768 e. The summed E-state index contributed by atoms with van der Waals surface area (Å²) < 4.78 is 1.91. The van der Waals surface area contributed by atoms with Crippen LogP contribution in [0.4, 0.5) is 0 Å². The van der Waals surface area contributed by atoms with Crippen LogP contribution in [0.5, 0.6) is 0 Å².